The summed E-state index contributed by atoms with van der Waals surface area (Å²) < 4.78 is 0. The summed E-state index contributed by atoms with van der Waals surface area (Å²) in [6.45, 7) is 24.3. The molecule has 7 aromatic carbocycles. The number of nitrogens with zero attached hydrogens (tertiary/aromatic N) is 3. The van der Waals surface area contributed by atoms with E-state index in [1.54, 1.807) is 0 Å². The maximum atomic E-state index is 2.78. The van der Waals surface area contributed by atoms with Crippen LogP contribution in [0.5, 0.6) is 0 Å². The van der Waals surface area contributed by atoms with Gasteiger partial charge in [-0.15, -0.1) is 0 Å². The average molecular weight is 902 g/mol. The third-order valence-electron chi connectivity index (χ3n) is 18.1. The van der Waals surface area contributed by atoms with Crippen LogP contribution in [0.25, 0.3) is 11.1 Å². The molecule has 6 aliphatic rings. The smallest absolute Gasteiger partial charge is 0.252 e. The molecule has 1 fully saturated rings. The number of rotatable bonds is 4. The second kappa shape index (κ2) is 14.5. The van der Waals surface area contributed by atoms with E-state index in [2.05, 4.69) is 217 Å². The molecule has 4 heteroatoms. The van der Waals surface area contributed by atoms with Crippen LogP contribution in [-0.2, 0) is 36.5 Å². The van der Waals surface area contributed by atoms with Crippen LogP contribution in [-0.4, -0.2) is 12.3 Å². The van der Waals surface area contributed by atoms with Crippen LogP contribution in [0, 0.1) is 17.8 Å². The second-order valence-corrected chi connectivity index (χ2v) is 25.2. The Bertz CT molecular complexity index is 3300. The quantitative estimate of drug-likeness (QED) is 0.163. The number of fused-ring (bicyclic) bond motifs is 9. The Kier molecular flexibility index (Phi) is 9.07. The van der Waals surface area contributed by atoms with Crippen molar-refractivity contribution in [2.45, 2.75) is 137 Å². The van der Waals surface area contributed by atoms with Crippen molar-refractivity contribution in [2.24, 2.45) is 10.8 Å². The summed E-state index contributed by atoms with van der Waals surface area (Å²) in [6, 6.07) is 53.3. The van der Waals surface area contributed by atoms with Crippen LogP contribution in [0.2, 0.25) is 0 Å². The summed E-state index contributed by atoms with van der Waals surface area (Å²) in [4.78, 5) is 8.16. The van der Waals surface area contributed by atoms with E-state index in [0.717, 1.165) is 25.7 Å². The fraction of sp³-hybridized carbons (Fsp3) is 0.354. The fourth-order valence-electron chi connectivity index (χ4n) is 14.7. The monoisotopic (exact) mass is 902 g/mol. The van der Waals surface area contributed by atoms with Crippen molar-refractivity contribution < 1.29 is 0 Å². The molecule has 0 aromatic heterocycles. The standard InChI is InChI=1S/C65H68BN3/c1-41-30-58-60-59(31-41)68(54-27-23-47(61(2,3)4)35-50(54)42-18-12-11-13-19-42)57-36-49(69-55-21-15-14-20-51(55)64(9)28-16-17-29-65(64,69)10)25-26-52(57)66(60)53-33-45-39-63(7,8)40-46(45)34-56(53)67(58)48-24-22-43-37-62(5,6)38-44(43)32-48/h11-15,18-27,30-36H,16-17,28-29,37-40H2,1-10H3. The molecule has 346 valence electrons. The van der Waals surface area contributed by atoms with E-state index >= 15 is 0 Å². The van der Waals surface area contributed by atoms with Gasteiger partial charge in [-0.3, -0.25) is 0 Å². The van der Waals surface area contributed by atoms with Gasteiger partial charge < -0.3 is 14.7 Å². The molecule has 0 N–H and O–H groups in total. The van der Waals surface area contributed by atoms with Gasteiger partial charge in [0.1, 0.15) is 0 Å². The molecule has 1 saturated carbocycles. The highest BCUT2D eigenvalue weighted by molar-refractivity contribution is 7.00. The predicted molar refractivity (Wildman–Crippen MR) is 295 cm³/mol. The fourth-order valence-corrected chi connectivity index (χ4v) is 14.7. The lowest BCUT2D eigenvalue weighted by molar-refractivity contribution is 0.195. The van der Waals surface area contributed by atoms with Crippen LogP contribution in [0.4, 0.5) is 45.5 Å². The van der Waals surface area contributed by atoms with E-state index in [-0.39, 0.29) is 33.9 Å². The second-order valence-electron chi connectivity index (χ2n) is 25.2. The van der Waals surface area contributed by atoms with Gasteiger partial charge in [-0.05, 0) is 190 Å². The van der Waals surface area contributed by atoms with Crippen molar-refractivity contribution in [1.29, 1.82) is 0 Å². The third-order valence-corrected chi connectivity index (χ3v) is 18.1. The predicted octanol–water partition coefficient (Wildman–Crippen LogP) is 15.0. The van der Waals surface area contributed by atoms with E-state index in [9.17, 15) is 0 Å². The lowest BCUT2D eigenvalue weighted by atomic mass is 9.33. The van der Waals surface area contributed by atoms with Gasteiger partial charge in [0, 0.05) is 50.8 Å². The van der Waals surface area contributed by atoms with E-state index in [0.29, 0.717) is 0 Å². The van der Waals surface area contributed by atoms with E-state index < -0.39 is 0 Å². The van der Waals surface area contributed by atoms with Crippen LogP contribution in [0.15, 0.2) is 133 Å². The minimum Gasteiger partial charge on any atom is -0.334 e. The molecule has 3 aliphatic heterocycles. The third kappa shape index (κ3) is 6.32. The summed E-state index contributed by atoms with van der Waals surface area (Å²) in [5.74, 6) is 0. The topological polar surface area (TPSA) is 9.72 Å². The van der Waals surface area contributed by atoms with Gasteiger partial charge in [0.15, 0.2) is 0 Å². The van der Waals surface area contributed by atoms with Crippen molar-refractivity contribution in [3.8, 4) is 11.1 Å². The lowest BCUT2D eigenvalue weighted by Gasteiger charge is -2.50. The maximum absolute atomic E-state index is 2.78. The van der Waals surface area contributed by atoms with Crippen molar-refractivity contribution >= 4 is 68.6 Å². The summed E-state index contributed by atoms with van der Waals surface area (Å²) in [5.41, 5.74) is 27.8. The molecule has 13 rings (SSSR count). The van der Waals surface area contributed by atoms with Crippen LogP contribution < -0.4 is 31.1 Å². The number of hydrogen-bond donors (Lipinski definition) is 0. The minimum atomic E-state index is -0.0513. The zero-order valence-corrected chi connectivity index (χ0v) is 42.8. The molecular weight excluding hydrogens is 834 g/mol. The van der Waals surface area contributed by atoms with Gasteiger partial charge in [0.05, 0.1) is 11.2 Å². The Balaban J connectivity index is 1.11. The lowest BCUT2D eigenvalue weighted by Crippen LogP contribution is -2.61. The molecule has 0 spiro atoms. The largest absolute Gasteiger partial charge is 0.334 e. The first-order chi connectivity index (χ1) is 32.9. The van der Waals surface area contributed by atoms with E-state index in [1.807, 2.05) is 0 Å². The Hall–Kier alpha value is -6.00. The first-order valence-corrected chi connectivity index (χ1v) is 26.2. The highest BCUT2D eigenvalue weighted by Crippen LogP contribution is 2.61. The highest BCUT2D eigenvalue weighted by atomic mass is 15.3. The molecule has 0 bridgehead atoms. The molecule has 0 radical (unpaired) electrons. The summed E-state index contributed by atoms with van der Waals surface area (Å²) in [5, 5.41) is 0. The number of anilines is 8. The first-order valence-electron chi connectivity index (χ1n) is 26.2. The molecule has 3 nitrogen and oxygen atoms in total. The van der Waals surface area contributed by atoms with E-state index in [4.69, 9.17) is 0 Å². The maximum Gasteiger partial charge on any atom is 0.252 e. The zero-order valence-electron chi connectivity index (χ0n) is 42.8. The molecule has 0 amide bonds. The van der Waals surface area contributed by atoms with Gasteiger partial charge in [-0.2, -0.15) is 0 Å². The molecule has 0 saturated heterocycles. The summed E-state index contributed by atoms with van der Waals surface area (Å²) in [7, 11) is 0. The molecular formula is C65H68BN3. The van der Waals surface area contributed by atoms with Crippen molar-refractivity contribution in [3.63, 3.8) is 0 Å². The summed E-state index contributed by atoms with van der Waals surface area (Å²) in [6.07, 6.45) is 9.37. The number of benzene rings is 7. The van der Waals surface area contributed by atoms with Gasteiger partial charge in [0.2, 0.25) is 0 Å². The molecule has 2 unspecified atom stereocenters. The van der Waals surface area contributed by atoms with Gasteiger partial charge in [0.25, 0.3) is 6.71 Å². The Morgan fingerprint density at radius 3 is 1.88 bits per heavy atom. The molecule has 7 aromatic rings. The van der Waals surface area contributed by atoms with Crippen LogP contribution >= 0.6 is 0 Å². The molecule has 3 heterocycles. The van der Waals surface area contributed by atoms with Crippen LogP contribution in [0.3, 0.4) is 0 Å². The molecule has 69 heavy (non-hydrogen) atoms. The molecule has 3 aliphatic carbocycles. The molecule has 2 atom stereocenters. The van der Waals surface area contributed by atoms with Gasteiger partial charge >= 0.3 is 0 Å². The number of hydrogen-bond acceptors (Lipinski definition) is 3. The van der Waals surface area contributed by atoms with Crippen LogP contribution in [0.1, 0.15) is 127 Å². The average Bonchev–Trinajstić information content (AvgIpc) is 3.87. The summed E-state index contributed by atoms with van der Waals surface area (Å²) >= 11 is 0. The Labute approximate surface area is 412 Å². The van der Waals surface area contributed by atoms with Crippen molar-refractivity contribution in [3.05, 3.63) is 172 Å². The van der Waals surface area contributed by atoms with Crippen molar-refractivity contribution in [1.82, 2.24) is 0 Å². The van der Waals surface area contributed by atoms with Crippen molar-refractivity contribution in [2.75, 3.05) is 14.7 Å². The number of para-hydroxylation sites is 1. The Morgan fingerprint density at radius 2 is 1.13 bits per heavy atom. The normalized spacial score (nSPS) is 22.1. The first kappa shape index (κ1) is 43.1. The van der Waals surface area contributed by atoms with Gasteiger partial charge in [-0.1, -0.05) is 141 Å². The van der Waals surface area contributed by atoms with E-state index in [1.165, 1.54) is 138 Å². The van der Waals surface area contributed by atoms with Gasteiger partial charge in [-0.25, -0.2) is 0 Å². The SMILES string of the molecule is Cc1cc2c3c(c1)N(c1ccc(C(C)(C)C)cc1-c1ccccc1)c1cc(N4c5ccccc5C5(C)CCCCC45C)ccc1B3c1cc3c(cc1N2c1ccc2c(c1)CC(C)(C)C2)CC(C)(C)C3. The number of aryl methyl sites for hydroxylation is 1. The highest BCUT2D eigenvalue weighted by Gasteiger charge is 2.58. The minimum absolute atomic E-state index is 0.0159. The zero-order chi connectivity index (χ0) is 47.6. The Morgan fingerprint density at radius 1 is 0.493 bits per heavy atom.